The second kappa shape index (κ2) is 7.31. The van der Waals surface area contributed by atoms with Crippen molar-refractivity contribution in [1.29, 1.82) is 0 Å². The summed E-state index contributed by atoms with van der Waals surface area (Å²) in [5.41, 5.74) is 0. The summed E-state index contributed by atoms with van der Waals surface area (Å²) >= 11 is 0. The van der Waals surface area contributed by atoms with Crippen LogP contribution in [0.3, 0.4) is 0 Å². The SMILES string of the molecule is CNCCCN(C)S(=O)(=O)N1CCCCCC1. The maximum atomic E-state index is 12.3. The minimum Gasteiger partial charge on any atom is -0.320 e. The summed E-state index contributed by atoms with van der Waals surface area (Å²) < 4.78 is 27.6. The van der Waals surface area contributed by atoms with Crippen molar-refractivity contribution in [3.8, 4) is 0 Å². The zero-order valence-corrected chi connectivity index (χ0v) is 11.8. The molecule has 5 nitrogen and oxygen atoms in total. The van der Waals surface area contributed by atoms with Gasteiger partial charge in [-0.1, -0.05) is 12.8 Å². The predicted molar refractivity (Wildman–Crippen MR) is 70.1 cm³/mol. The maximum Gasteiger partial charge on any atom is 0.281 e. The van der Waals surface area contributed by atoms with Gasteiger partial charge in [-0.15, -0.1) is 0 Å². The molecule has 0 aromatic carbocycles. The molecule has 1 aliphatic heterocycles. The molecule has 1 rings (SSSR count). The fraction of sp³-hybridized carbons (Fsp3) is 1.00. The average molecular weight is 263 g/mol. The van der Waals surface area contributed by atoms with E-state index >= 15 is 0 Å². The summed E-state index contributed by atoms with van der Waals surface area (Å²) in [6.07, 6.45) is 5.12. The summed E-state index contributed by atoms with van der Waals surface area (Å²) in [4.78, 5) is 0. The van der Waals surface area contributed by atoms with Gasteiger partial charge >= 0.3 is 0 Å². The summed E-state index contributed by atoms with van der Waals surface area (Å²) in [6, 6.07) is 0. The molecular formula is C11H25N3O2S. The summed E-state index contributed by atoms with van der Waals surface area (Å²) in [7, 11) is 0.328. The molecular weight excluding hydrogens is 238 g/mol. The molecule has 1 N–H and O–H groups in total. The molecule has 0 aromatic heterocycles. The van der Waals surface area contributed by atoms with Gasteiger partial charge in [-0.25, -0.2) is 0 Å². The Morgan fingerprint density at radius 3 is 2.29 bits per heavy atom. The highest BCUT2D eigenvalue weighted by atomic mass is 32.2. The normalized spacial score (nSPS) is 19.5. The van der Waals surface area contributed by atoms with Crippen LogP contribution in [0, 0.1) is 0 Å². The lowest BCUT2D eigenvalue weighted by Gasteiger charge is -2.26. The number of nitrogens with one attached hydrogen (secondary N) is 1. The molecule has 1 heterocycles. The molecule has 0 aromatic rings. The topological polar surface area (TPSA) is 52.7 Å². The molecule has 0 bridgehead atoms. The lowest BCUT2D eigenvalue weighted by Crippen LogP contribution is -2.43. The highest BCUT2D eigenvalue weighted by Gasteiger charge is 2.26. The van der Waals surface area contributed by atoms with E-state index in [1.54, 1.807) is 11.4 Å². The van der Waals surface area contributed by atoms with Crippen LogP contribution >= 0.6 is 0 Å². The van der Waals surface area contributed by atoms with Crippen LogP contribution in [0.5, 0.6) is 0 Å². The standard InChI is InChI=1S/C11H25N3O2S/c1-12-8-7-9-13(2)17(15,16)14-10-5-3-4-6-11-14/h12H,3-11H2,1-2H3. The Labute approximate surface area is 105 Å². The quantitative estimate of drug-likeness (QED) is 0.716. The Hall–Kier alpha value is -0.170. The van der Waals surface area contributed by atoms with E-state index in [9.17, 15) is 8.42 Å². The van der Waals surface area contributed by atoms with Crippen LogP contribution in [0.2, 0.25) is 0 Å². The van der Waals surface area contributed by atoms with Crippen LogP contribution < -0.4 is 5.32 Å². The van der Waals surface area contributed by atoms with Gasteiger partial charge in [0.15, 0.2) is 0 Å². The molecule has 0 atom stereocenters. The Kier molecular flexibility index (Phi) is 6.40. The third-order valence-electron chi connectivity index (χ3n) is 3.18. The highest BCUT2D eigenvalue weighted by Crippen LogP contribution is 2.15. The number of hydrogen-bond acceptors (Lipinski definition) is 3. The third kappa shape index (κ3) is 4.54. The second-order valence-corrected chi connectivity index (χ2v) is 6.64. The summed E-state index contributed by atoms with van der Waals surface area (Å²) in [6.45, 7) is 2.79. The van der Waals surface area contributed by atoms with Gasteiger partial charge in [-0.2, -0.15) is 17.0 Å². The molecule has 17 heavy (non-hydrogen) atoms. The fourth-order valence-electron chi connectivity index (χ4n) is 2.06. The van der Waals surface area contributed by atoms with Crippen LogP contribution in [0.25, 0.3) is 0 Å². The van der Waals surface area contributed by atoms with Gasteiger partial charge in [0.05, 0.1) is 0 Å². The molecule has 1 aliphatic rings. The minimum atomic E-state index is -3.23. The van der Waals surface area contributed by atoms with Gasteiger partial charge in [-0.3, -0.25) is 0 Å². The first-order valence-electron chi connectivity index (χ1n) is 6.45. The summed E-state index contributed by atoms with van der Waals surface area (Å²) in [5.74, 6) is 0. The lowest BCUT2D eigenvalue weighted by molar-refractivity contribution is 0.363. The van der Waals surface area contributed by atoms with E-state index in [1.165, 1.54) is 4.31 Å². The zero-order valence-electron chi connectivity index (χ0n) is 11.0. The largest absolute Gasteiger partial charge is 0.320 e. The van der Waals surface area contributed by atoms with Gasteiger partial charge < -0.3 is 5.32 Å². The van der Waals surface area contributed by atoms with E-state index in [0.29, 0.717) is 19.6 Å². The van der Waals surface area contributed by atoms with Crippen LogP contribution in [-0.2, 0) is 10.2 Å². The van der Waals surface area contributed by atoms with E-state index in [4.69, 9.17) is 0 Å². The van der Waals surface area contributed by atoms with E-state index in [0.717, 1.165) is 38.6 Å². The molecule has 0 aliphatic carbocycles. The van der Waals surface area contributed by atoms with E-state index < -0.39 is 10.2 Å². The zero-order chi connectivity index (χ0) is 12.7. The van der Waals surface area contributed by atoms with Gasteiger partial charge in [0.25, 0.3) is 10.2 Å². The summed E-state index contributed by atoms with van der Waals surface area (Å²) in [5, 5.41) is 3.03. The van der Waals surface area contributed by atoms with Crippen molar-refractivity contribution >= 4 is 10.2 Å². The number of hydrogen-bond donors (Lipinski definition) is 1. The maximum absolute atomic E-state index is 12.3. The van der Waals surface area contributed by atoms with Crippen molar-refractivity contribution < 1.29 is 8.42 Å². The molecule has 0 radical (unpaired) electrons. The highest BCUT2D eigenvalue weighted by molar-refractivity contribution is 7.86. The first kappa shape index (κ1) is 14.9. The lowest BCUT2D eigenvalue weighted by atomic mass is 10.2. The Morgan fingerprint density at radius 2 is 1.76 bits per heavy atom. The van der Waals surface area contributed by atoms with Gasteiger partial charge in [0, 0.05) is 26.7 Å². The molecule has 0 amide bonds. The molecule has 0 saturated carbocycles. The first-order chi connectivity index (χ1) is 8.09. The molecule has 0 spiro atoms. The van der Waals surface area contributed by atoms with Crippen molar-refractivity contribution in [2.45, 2.75) is 32.1 Å². The Balaban J connectivity index is 2.52. The Bertz CT molecular complexity index is 298. The van der Waals surface area contributed by atoms with Crippen LogP contribution in [0.15, 0.2) is 0 Å². The van der Waals surface area contributed by atoms with Crippen LogP contribution in [0.1, 0.15) is 32.1 Å². The molecule has 102 valence electrons. The third-order valence-corrected chi connectivity index (χ3v) is 5.17. The predicted octanol–water partition coefficient (Wildman–Crippen LogP) is 0.649. The molecule has 1 saturated heterocycles. The smallest absolute Gasteiger partial charge is 0.281 e. The minimum absolute atomic E-state index is 0.583. The van der Waals surface area contributed by atoms with E-state index in [2.05, 4.69) is 5.32 Å². The van der Waals surface area contributed by atoms with Crippen LogP contribution in [-0.4, -0.2) is 57.3 Å². The van der Waals surface area contributed by atoms with Gasteiger partial charge in [0.1, 0.15) is 0 Å². The van der Waals surface area contributed by atoms with E-state index in [-0.39, 0.29) is 0 Å². The van der Waals surface area contributed by atoms with Crippen molar-refractivity contribution in [3.63, 3.8) is 0 Å². The van der Waals surface area contributed by atoms with Crippen molar-refractivity contribution in [1.82, 2.24) is 13.9 Å². The number of nitrogens with zero attached hydrogens (tertiary/aromatic N) is 2. The van der Waals surface area contributed by atoms with Crippen molar-refractivity contribution in [2.75, 3.05) is 40.3 Å². The van der Waals surface area contributed by atoms with Crippen molar-refractivity contribution in [2.24, 2.45) is 0 Å². The average Bonchev–Trinajstić information content (AvgIpc) is 2.58. The van der Waals surface area contributed by atoms with Gasteiger partial charge in [-0.05, 0) is 32.9 Å². The second-order valence-electron chi connectivity index (χ2n) is 4.60. The van der Waals surface area contributed by atoms with Crippen LogP contribution in [0.4, 0.5) is 0 Å². The monoisotopic (exact) mass is 263 g/mol. The fourth-order valence-corrected chi connectivity index (χ4v) is 3.54. The van der Waals surface area contributed by atoms with Gasteiger partial charge in [0.2, 0.25) is 0 Å². The van der Waals surface area contributed by atoms with Crippen molar-refractivity contribution in [3.05, 3.63) is 0 Å². The van der Waals surface area contributed by atoms with E-state index in [1.807, 2.05) is 7.05 Å². The Morgan fingerprint density at radius 1 is 1.18 bits per heavy atom. The molecule has 6 heteroatoms. The first-order valence-corrected chi connectivity index (χ1v) is 7.84. The molecule has 1 fully saturated rings. The molecule has 0 unspecified atom stereocenters. The number of rotatable bonds is 6.